The number of nitrogens with zero attached hydrogens (tertiary/aromatic N) is 1. The normalized spacial score (nSPS) is 17.5. The second-order valence-electron chi connectivity index (χ2n) is 5.98. The Kier molecular flexibility index (Phi) is 5.73. The molecule has 25 heavy (non-hydrogen) atoms. The van der Waals surface area contributed by atoms with Crippen molar-refractivity contribution in [2.45, 2.75) is 12.2 Å². The van der Waals surface area contributed by atoms with Crippen LogP contribution in [0.3, 0.4) is 0 Å². The molecule has 0 aliphatic carbocycles. The van der Waals surface area contributed by atoms with Crippen molar-refractivity contribution in [2.24, 2.45) is 0 Å². The number of alkyl halides is 3. The molecule has 0 radical (unpaired) electrons. The monoisotopic (exact) mass is 432 g/mol. The lowest BCUT2D eigenvalue weighted by molar-refractivity contribution is -0.137. The highest BCUT2D eigenvalue weighted by Crippen LogP contribution is 2.38. The van der Waals surface area contributed by atoms with Gasteiger partial charge in [-0.2, -0.15) is 13.2 Å². The van der Waals surface area contributed by atoms with E-state index in [0.29, 0.717) is 5.56 Å². The summed E-state index contributed by atoms with van der Waals surface area (Å²) in [7, 11) is 0. The van der Waals surface area contributed by atoms with Gasteiger partial charge in [0.1, 0.15) is 0 Å². The Hall–Kier alpha value is -1.08. The fraction of sp³-hybridized carbons (Fsp3) is 0.333. The molecular formula is C18H17BrClF3N2. The molecule has 1 atom stereocenters. The molecule has 0 aromatic heterocycles. The van der Waals surface area contributed by atoms with Gasteiger partial charge >= 0.3 is 6.18 Å². The molecule has 1 saturated heterocycles. The zero-order valence-electron chi connectivity index (χ0n) is 13.3. The Bertz CT molecular complexity index is 728. The first-order chi connectivity index (χ1) is 11.9. The van der Waals surface area contributed by atoms with E-state index in [1.165, 1.54) is 12.1 Å². The third kappa shape index (κ3) is 4.37. The molecule has 0 bridgehead atoms. The van der Waals surface area contributed by atoms with Crippen LogP contribution in [0, 0.1) is 0 Å². The van der Waals surface area contributed by atoms with Crippen molar-refractivity contribution in [3.8, 4) is 0 Å². The molecule has 1 N–H and O–H groups in total. The maximum Gasteiger partial charge on any atom is 0.417 e. The zero-order valence-corrected chi connectivity index (χ0v) is 15.6. The zero-order chi connectivity index (χ0) is 18.0. The molecular weight excluding hydrogens is 417 g/mol. The van der Waals surface area contributed by atoms with Crippen LogP contribution in [0.5, 0.6) is 0 Å². The predicted molar refractivity (Wildman–Crippen MR) is 96.9 cm³/mol. The summed E-state index contributed by atoms with van der Waals surface area (Å²) in [5.74, 6) is 0. The maximum atomic E-state index is 13.3. The number of hydrogen-bond donors (Lipinski definition) is 1. The predicted octanol–water partition coefficient (Wildman–Crippen LogP) is 5.12. The van der Waals surface area contributed by atoms with E-state index in [9.17, 15) is 13.2 Å². The van der Waals surface area contributed by atoms with Crippen LogP contribution in [-0.4, -0.2) is 31.1 Å². The molecule has 134 valence electrons. The number of piperazine rings is 1. The van der Waals surface area contributed by atoms with E-state index < -0.39 is 11.7 Å². The average molecular weight is 434 g/mol. The van der Waals surface area contributed by atoms with Crippen LogP contribution in [0.25, 0.3) is 0 Å². The SMILES string of the molecule is FC(F)(F)c1cc(C(c2ccc(Br)cc2)N2CCNCC2)ccc1Cl. The number of rotatable bonds is 3. The lowest BCUT2D eigenvalue weighted by atomic mass is 9.95. The minimum atomic E-state index is -4.47. The highest BCUT2D eigenvalue weighted by atomic mass is 79.9. The van der Waals surface area contributed by atoms with Crippen LogP contribution in [0.1, 0.15) is 22.7 Å². The average Bonchev–Trinajstić information content (AvgIpc) is 2.58. The number of benzene rings is 2. The number of halogens is 5. The summed E-state index contributed by atoms with van der Waals surface area (Å²) in [6.45, 7) is 3.16. The van der Waals surface area contributed by atoms with Crippen LogP contribution in [0.2, 0.25) is 5.02 Å². The van der Waals surface area contributed by atoms with Crippen molar-refractivity contribution in [1.29, 1.82) is 0 Å². The maximum absolute atomic E-state index is 13.3. The molecule has 2 nitrogen and oxygen atoms in total. The van der Waals surface area contributed by atoms with Gasteiger partial charge in [-0.1, -0.05) is 45.7 Å². The van der Waals surface area contributed by atoms with Gasteiger partial charge in [0.15, 0.2) is 0 Å². The first-order valence-electron chi connectivity index (χ1n) is 7.93. The number of nitrogens with one attached hydrogen (secondary N) is 1. The molecule has 1 aliphatic rings. The summed E-state index contributed by atoms with van der Waals surface area (Å²) in [5.41, 5.74) is 0.769. The van der Waals surface area contributed by atoms with Gasteiger partial charge in [0, 0.05) is 30.7 Å². The van der Waals surface area contributed by atoms with Crippen LogP contribution in [0.4, 0.5) is 13.2 Å². The Labute approximate surface area is 158 Å². The van der Waals surface area contributed by atoms with Crippen LogP contribution >= 0.6 is 27.5 Å². The van der Waals surface area contributed by atoms with Crippen molar-refractivity contribution in [3.63, 3.8) is 0 Å². The van der Waals surface area contributed by atoms with E-state index in [-0.39, 0.29) is 11.1 Å². The number of hydrogen-bond acceptors (Lipinski definition) is 2. The lowest BCUT2D eigenvalue weighted by Gasteiger charge is -2.36. The van der Waals surface area contributed by atoms with Crippen LogP contribution in [-0.2, 0) is 6.18 Å². The fourth-order valence-electron chi connectivity index (χ4n) is 3.13. The van der Waals surface area contributed by atoms with Crippen molar-refractivity contribution in [3.05, 3.63) is 68.7 Å². The molecule has 0 spiro atoms. The summed E-state index contributed by atoms with van der Waals surface area (Å²) in [5, 5.41) is 3.00. The summed E-state index contributed by atoms with van der Waals surface area (Å²) >= 11 is 9.19. The van der Waals surface area contributed by atoms with E-state index in [1.807, 2.05) is 24.3 Å². The molecule has 7 heteroatoms. The van der Waals surface area contributed by atoms with Gasteiger partial charge < -0.3 is 5.32 Å². The first kappa shape index (κ1) is 18.7. The standard InChI is InChI=1S/C18H17BrClF3N2/c19-14-4-1-12(2-5-14)17(25-9-7-24-8-10-25)13-3-6-16(20)15(11-13)18(21,22)23/h1-6,11,17,24H,7-10H2. The third-order valence-corrected chi connectivity index (χ3v) is 5.17. The van der Waals surface area contributed by atoms with Gasteiger partial charge in [-0.05, 0) is 35.4 Å². The quantitative estimate of drug-likeness (QED) is 0.723. The largest absolute Gasteiger partial charge is 0.417 e. The van der Waals surface area contributed by atoms with E-state index in [1.54, 1.807) is 6.07 Å². The minimum Gasteiger partial charge on any atom is -0.314 e. The van der Waals surface area contributed by atoms with Crippen molar-refractivity contribution >= 4 is 27.5 Å². The van der Waals surface area contributed by atoms with E-state index in [0.717, 1.165) is 36.2 Å². The Morgan fingerprint density at radius 3 is 2.20 bits per heavy atom. The summed E-state index contributed by atoms with van der Waals surface area (Å²) in [6, 6.07) is 11.7. The van der Waals surface area contributed by atoms with Gasteiger partial charge in [0.2, 0.25) is 0 Å². The Morgan fingerprint density at radius 1 is 1.00 bits per heavy atom. The minimum absolute atomic E-state index is 0.242. The molecule has 3 rings (SSSR count). The van der Waals surface area contributed by atoms with Crippen molar-refractivity contribution in [1.82, 2.24) is 10.2 Å². The van der Waals surface area contributed by atoms with Crippen molar-refractivity contribution < 1.29 is 13.2 Å². The molecule has 1 fully saturated rings. The van der Waals surface area contributed by atoms with Gasteiger partial charge in [-0.15, -0.1) is 0 Å². The van der Waals surface area contributed by atoms with Gasteiger partial charge in [-0.3, -0.25) is 4.90 Å². The lowest BCUT2D eigenvalue weighted by Crippen LogP contribution is -2.45. The van der Waals surface area contributed by atoms with Crippen LogP contribution < -0.4 is 5.32 Å². The van der Waals surface area contributed by atoms with Crippen molar-refractivity contribution in [2.75, 3.05) is 26.2 Å². The summed E-state index contributed by atoms with van der Waals surface area (Å²) in [4.78, 5) is 2.20. The molecule has 0 amide bonds. The molecule has 2 aromatic rings. The van der Waals surface area contributed by atoms with Gasteiger partial charge in [0.25, 0.3) is 0 Å². The second kappa shape index (κ2) is 7.66. The van der Waals surface area contributed by atoms with Gasteiger partial charge in [0.05, 0.1) is 16.6 Å². The third-order valence-electron chi connectivity index (χ3n) is 4.31. The molecule has 2 aromatic carbocycles. The molecule has 1 unspecified atom stereocenters. The smallest absolute Gasteiger partial charge is 0.314 e. The second-order valence-corrected chi connectivity index (χ2v) is 7.30. The summed E-state index contributed by atoms with van der Waals surface area (Å²) < 4.78 is 40.8. The molecule has 0 saturated carbocycles. The molecule has 1 aliphatic heterocycles. The van der Waals surface area contributed by atoms with E-state index >= 15 is 0 Å². The fourth-order valence-corrected chi connectivity index (χ4v) is 3.62. The van der Waals surface area contributed by atoms with Crippen LogP contribution in [0.15, 0.2) is 46.9 Å². The van der Waals surface area contributed by atoms with E-state index in [4.69, 9.17) is 11.6 Å². The Balaban J connectivity index is 2.06. The summed E-state index contributed by atoms with van der Waals surface area (Å²) in [6.07, 6.45) is -4.47. The molecule has 1 heterocycles. The van der Waals surface area contributed by atoms with E-state index in [2.05, 4.69) is 26.1 Å². The Morgan fingerprint density at radius 2 is 1.60 bits per heavy atom. The highest BCUT2D eigenvalue weighted by molar-refractivity contribution is 9.10. The van der Waals surface area contributed by atoms with Gasteiger partial charge in [-0.25, -0.2) is 0 Å². The topological polar surface area (TPSA) is 15.3 Å². The highest BCUT2D eigenvalue weighted by Gasteiger charge is 2.34. The first-order valence-corrected chi connectivity index (χ1v) is 9.10.